The quantitative estimate of drug-likeness (QED) is 0.841. The Labute approximate surface area is 118 Å². The van der Waals surface area contributed by atoms with E-state index in [2.05, 4.69) is 0 Å². The fourth-order valence-corrected chi connectivity index (χ4v) is 5.16. The Morgan fingerprint density at radius 3 is 2.60 bits per heavy atom. The highest BCUT2D eigenvalue weighted by Crippen LogP contribution is 2.37. The van der Waals surface area contributed by atoms with E-state index >= 15 is 0 Å². The summed E-state index contributed by atoms with van der Waals surface area (Å²) in [6.07, 6.45) is 0.330. The molecule has 1 aromatic carbocycles. The van der Waals surface area contributed by atoms with Gasteiger partial charge in [0.2, 0.25) is 5.91 Å². The van der Waals surface area contributed by atoms with Crippen LogP contribution < -0.4 is 9.64 Å². The summed E-state index contributed by atoms with van der Waals surface area (Å²) >= 11 is 0. The molecule has 2 heterocycles. The average Bonchev–Trinajstić information content (AvgIpc) is 2.81. The minimum absolute atomic E-state index is 0.0130. The predicted octanol–water partition coefficient (Wildman–Crippen LogP) is 1.24. The summed E-state index contributed by atoms with van der Waals surface area (Å²) in [5.41, 5.74) is 0.753. The molecule has 0 saturated carbocycles. The number of nitrogens with zero attached hydrogens (tertiary/aromatic N) is 1. The molecule has 2 saturated heterocycles. The third-order valence-corrected chi connectivity index (χ3v) is 5.69. The standard InChI is InChI=1S/C14H17NO4S/c1-2-19-12-5-3-11(4-6-12)15-13-9-20(17,18)8-10(13)7-14(15)16/h3-6,10,13H,2,7-9H2,1H3/t10-,13-/m1/s1. The van der Waals surface area contributed by atoms with Crippen LogP contribution in [-0.4, -0.2) is 38.5 Å². The second kappa shape index (κ2) is 4.77. The molecule has 2 fully saturated rings. The van der Waals surface area contributed by atoms with Gasteiger partial charge in [-0.15, -0.1) is 0 Å². The van der Waals surface area contributed by atoms with Crippen LogP contribution in [0.1, 0.15) is 13.3 Å². The van der Waals surface area contributed by atoms with Crippen molar-refractivity contribution in [3.63, 3.8) is 0 Å². The molecule has 6 heteroatoms. The SMILES string of the molecule is CCOc1ccc(N2C(=O)C[C@@H]3CS(=O)(=O)C[C@H]32)cc1. The van der Waals surface area contributed by atoms with Gasteiger partial charge in [-0.3, -0.25) is 4.79 Å². The Bertz CT molecular complexity index is 623. The minimum atomic E-state index is -3.01. The van der Waals surface area contributed by atoms with Crippen LogP contribution >= 0.6 is 0 Å². The number of benzene rings is 1. The molecule has 0 bridgehead atoms. The summed E-state index contributed by atoms with van der Waals surface area (Å²) < 4.78 is 28.8. The van der Waals surface area contributed by atoms with Crippen molar-refractivity contribution in [1.29, 1.82) is 0 Å². The van der Waals surface area contributed by atoms with Crippen molar-refractivity contribution >= 4 is 21.4 Å². The van der Waals surface area contributed by atoms with Crippen molar-refractivity contribution in [1.82, 2.24) is 0 Å². The van der Waals surface area contributed by atoms with E-state index < -0.39 is 9.84 Å². The Balaban J connectivity index is 1.87. The fourth-order valence-electron chi connectivity index (χ4n) is 3.09. The first-order valence-corrected chi connectivity index (χ1v) is 8.57. The second-order valence-electron chi connectivity index (χ2n) is 5.30. The Morgan fingerprint density at radius 1 is 1.25 bits per heavy atom. The molecule has 2 atom stereocenters. The highest BCUT2D eigenvalue weighted by atomic mass is 32.2. The number of carbonyl (C=O) groups is 1. The van der Waals surface area contributed by atoms with Gasteiger partial charge >= 0.3 is 0 Å². The van der Waals surface area contributed by atoms with Gasteiger partial charge in [-0.05, 0) is 31.2 Å². The summed E-state index contributed by atoms with van der Waals surface area (Å²) in [4.78, 5) is 13.8. The van der Waals surface area contributed by atoms with E-state index in [9.17, 15) is 13.2 Å². The topological polar surface area (TPSA) is 63.7 Å². The Kier molecular flexibility index (Phi) is 3.20. The number of carbonyl (C=O) groups excluding carboxylic acids is 1. The van der Waals surface area contributed by atoms with Crippen LogP contribution in [0.25, 0.3) is 0 Å². The lowest BCUT2D eigenvalue weighted by Crippen LogP contribution is -2.36. The number of anilines is 1. The van der Waals surface area contributed by atoms with E-state index in [1.54, 1.807) is 4.90 Å². The molecule has 2 aliphatic heterocycles. The van der Waals surface area contributed by atoms with E-state index in [0.29, 0.717) is 13.0 Å². The maximum Gasteiger partial charge on any atom is 0.227 e. The first-order chi connectivity index (χ1) is 9.50. The normalized spacial score (nSPS) is 27.6. The summed E-state index contributed by atoms with van der Waals surface area (Å²) in [5, 5.41) is 0. The van der Waals surface area contributed by atoms with Gasteiger partial charge in [0.25, 0.3) is 0 Å². The smallest absolute Gasteiger partial charge is 0.227 e. The van der Waals surface area contributed by atoms with Crippen LogP contribution in [0.15, 0.2) is 24.3 Å². The first kappa shape index (κ1) is 13.4. The van der Waals surface area contributed by atoms with Gasteiger partial charge in [0.05, 0.1) is 24.2 Å². The van der Waals surface area contributed by atoms with E-state index in [-0.39, 0.29) is 29.4 Å². The molecule has 5 nitrogen and oxygen atoms in total. The minimum Gasteiger partial charge on any atom is -0.494 e. The molecular weight excluding hydrogens is 278 g/mol. The van der Waals surface area contributed by atoms with Crippen LogP contribution in [0.3, 0.4) is 0 Å². The van der Waals surface area contributed by atoms with Crippen molar-refractivity contribution in [2.24, 2.45) is 5.92 Å². The maximum absolute atomic E-state index is 12.1. The van der Waals surface area contributed by atoms with Crippen molar-refractivity contribution in [2.75, 3.05) is 23.0 Å². The van der Waals surface area contributed by atoms with Gasteiger partial charge in [-0.1, -0.05) is 0 Å². The molecule has 3 rings (SSSR count). The number of ether oxygens (including phenoxy) is 1. The lowest BCUT2D eigenvalue weighted by atomic mass is 10.0. The van der Waals surface area contributed by atoms with E-state index in [0.717, 1.165) is 11.4 Å². The molecule has 1 aromatic rings. The van der Waals surface area contributed by atoms with Crippen LogP contribution in [0.2, 0.25) is 0 Å². The van der Waals surface area contributed by atoms with E-state index in [1.165, 1.54) is 0 Å². The number of fused-ring (bicyclic) bond motifs is 1. The summed E-state index contributed by atoms with van der Waals surface area (Å²) in [7, 11) is -3.01. The highest BCUT2D eigenvalue weighted by molar-refractivity contribution is 7.91. The average molecular weight is 295 g/mol. The zero-order valence-corrected chi connectivity index (χ0v) is 12.1. The number of hydrogen-bond acceptors (Lipinski definition) is 4. The number of sulfone groups is 1. The predicted molar refractivity (Wildman–Crippen MR) is 75.6 cm³/mol. The molecular formula is C14H17NO4S. The first-order valence-electron chi connectivity index (χ1n) is 6.75. The molecule has 0 N–H and O–H groups in total. The lowest BCUT2D eigenvalue weighted by Gasteiger charge is -2.23. The monoisotopic (exact) mass is 295 g/mol. The third kappa shape index (κ3) is 2.28. The van der Waals surface area contributed by atoms with Gasteiger partial charge in [0.1, 0.15) is 5.75 Å². The molecule has 2 aliphatic rings. The lowest BCUT2D eigenvalue weighted by molar-refractivity contribution is -0.117. The molecule has 1 amide bonds. The summed E-state index contributed by atoms with van der Waals surface area (Å²) in [6, 6.07) is 7.04. The van der Waals surface area contributed by atoms with Crippen LogP contribution in [0.4, 0.5) is 5.69 Å². The summed E-state index contributed by atoms with van der Waals surface area (Å²) in [5.74, 6) is 0.921. The molecule has 0 unspecified atom stereocenters. The van der Waals surface area contributed by atoms with Gasteiger partial charge in [-0.25, -0.2) is 8.42 Å². The van der Waals surface area contributed by atoms with Crippen molar-refractivity contribution < 1.29 is 17.9 Å². The fraction of sp³-hybridized carbons (Fsp3) is 0.500. The van der Waals surface area contributed by atoms with Crippen LogP contribution in [0, 0.1) is 5.92 Å². The molecule has 20 heavy (non-hydrogen) atoms. The Morgan fingerprint density at radius 2 is 1.95 bits per heavy atom. The molecule has 108 valence electrons. The zero-order valence-electron chi connectivity index (χ0n) is 11.3. The largest absolute Gasteiger partial charge is 0.494 e. The third-order valence-electron chi connectivity index (χ3n) is 3.90. The van der Waals surface area contributed by atoms with Gasteiger partial charge in [-0.2, -0.15) is 0 Å². The Hall–Kier alpha value is -1.56. The van der Waals surface area contributed by atoms with Crippen molar-refractivity contribution in [3.05, 3.63) is 24.3 Å². The molecule has 0 spiro atoms. The molecule has 0 aromatic heterocycles. The van der Waals surface area contributed by atoms with Gasteiger partial charge in [0, 0.05) is 18.0 Å². The number of hydrogen-bond donors (Lipinski definition) is 0. The van der Waals surface area contributed by atoms with E-state index in [4.69, 9.17) is 4.74 Å². The second-order valence-corrected chi connectivity index (χ2v) is 7.45. The van der Waals surface area contributed by atoms with Crippen LogP contribution in [0.5, 0.6) is 5.75 Å². The number of rotatable bonds is 3. The molecule has 0 aliphatic carbocycles. The highest BCUT2D eigenvalue weighted by Gasteiger charge is 2.49. The van der Waals surface area contributed by atoms with E-state index in [1.807, 2.05) is 31.2 Å². The maximum atomic E-state index is 12.1. The van der Waals surface area contributed by atoms with Gasteiger partial charge in [0.15, 0.2) is 9.84 Å². The van der Waals surface area contributed by atoms with Crippen LogP contribution in [-0.2, 0) is 14.6 Å². The number of amides is 1. The summed E-state index contributed by atoms with van der Waals surface area (Å²) in [6.45, 7) is 2.50. The zero-order chi connectivity index (χ0) is 14.3. The van der Waals surface area contributed by atoms with Crippen molar-refractivity contribution in [2.45, 2.75) is 19.4 Å². The van der Waals surface area contributed by atoms with Crippen molar-refractivity contribution in [3.8, 4) is 5.75 Å². The van der Waals surface area contributed by atoms with Gasteiger partial charge < -0.3 is 9.64 Å². The molecule has 0 radical (unpaired) electrons.